The molecular formula is C10H12ClNO2. The standard InChI is InChI=1S/C10H12ClNO2/c1-6-3-4-7(8(13)5-12-2)9(11)10(6)14/h3-4,12,14H,5H2,1-2H3. The number of nitrogens with one attached hydrogen (secondary N) is 1. The van der Waals surface area contributed by atoms with Gasteiger partial charge >= 0.3 is 0 Å². The molecule has 0 amide bonds. The van der Waals surface area contributed by atoms with Crippen LogP contribution >= 0.6 is 11.6 Å². The highest BCUT2D eigenvalue weighted by atomic mass is 35.5. The average molecular weight is 214 g/mol. The Labute approximate surface area is 87.7 Å². The summed E-state index contributed by atoms with van der Waals surface area (Å²) in [5.41, 5.74) is 1.01. The summed E-state index contributed by atoms with van der Waals surface area (Å²) in [6, 6.07) is 3.29. The molecule has 2 N–H and O–H groups in total. The highest BCUT2D eigenvalue weighted by Gasteiger charge is 2.13. The van der Waals surface area contributed by atoms with E-state index in [1.165, 1.54) is 0 Å². The van der Waals surface area contributed by atoms with Gasteiger partial charge in [0, 0.05) is 5.56 Å². The number of phenols is 1. The quantitative estimate of drug-likeness (QED) is 0.753. The molecule has 0 fully saturated rings. The van der Waals surface area contributed by atoms with Gasteiger partial charge in [-0.3, -0.25) is 4.79 Å². The van der Waals surface area contributed by atoms with E-state index in [0.717, 1.165) is 0 Å². The van der Waals surface area contributed by atoms with Gasteiger partial charge in [-0.05, 0) is 25.6 Å². The monoisotopic (exact) mass is 213 g/mol. The summed E-state index contributed by atoms with van der Waals surface area (Å²) in [5, 5.41) is 12.4. The predicted octanol–water partition coefficient (Wildman–Crippen LogP) is 1.76. The third-order valence-electron chi connectivity index (χ3n) is 1.96. The molecule has 14 heavy (non-hydrogen) atoms. The van der Waals surface area contributed by atoms with Crippen molar-refractivity contribution in [1.29, 1.82) is 0 Å². The molecule has 4 heteroatoms. The lowest BCUT2D eigenvalue weighted by atomic mass is 10.1. The summed E-state index contributed by atoms with van der Waals surface area (Å²) in [6.45, 7) is 1.94. The topological polar surface area (TPSA) is 49.3 Å². The molecule has 0 saturated heterocycles. The Balaban J connectivity index is 3.11. The van der Waals surface area contributed by atoms with Gasteiger partial charge < -0.3 is 10.4 Å². The molecule has 0 saturated carbocycles. The van der Waals surface area contributed by atoms with E-state index in [-0.39, 0.29) is 23.1 Å². The summed E-state index contributed by atoms with van der Waals surface area (Å²) in [7, 11) is 1.68. The van der Waals surface area contributed by atoms with E-state index < -0.39 is 0 Å². The molecule has 0 bridgehead atoms. The summed E-state index contributed by atoms with van der Waals surface area (Å²) < 4.78 is 0. The smallest absolute Gasteiger partial charge is 0.178 e. The number of ketones is 1. The van der Waals surface area contributed by atoms with Gasteiger partial charge in [0.1, 0.15) is 5.75 Å². The number of likely N-dealkylation sites (N-methyl/N-ethyl adjacent to an activating group) is 1. The van der Waals surface area contributed by atoms with Gasteiger partial charge in [-0.15, -0.1) is 0 Å². The van der Waals surface area contributed by atoms with Gasteiger partial charge in [0.2, 0.25) is 0 Å². The van der Waals surface area contributed by atoms with Gasteiger partial charge in [0.25, 0.3) is 0 Å². The Hall–Kier alpha value is -1.06. The van der Waals surface area contributed by atoms with Gasteiger partial charge in [0.05, 0.1) is 11.6 Å². The minimum atomic E-state index is -0.132. The van der Waals surface area contributed by atoms with Gasteiger partial charge in [-0.25, -0.2) is 0 Å². The van der Waals surface area contributed by atoms with E-state index in [9.17, 15) is 9.90 Å². The minimum absolute atomic E-state index is 0.0198. The van der Waals surface area contributed by atoms with Crippen molar-refractivity contribution in [1.82, 2.24) is 5.32 Å². The number of rotatable bonds is 3. The van der Waals surface area contributed by atoms with Crippen molar-refractivity contribution in [2.75, 3.05) is 13.6 Å². The molecule has 1 aromatic carbocycles. The van der Waals surface area contributed by atoms with Gasteiger partial charge in [-0.2, -0.15) is 0 Å². The SMILES string of the molecule is CNCC(=O)c1ccc(C)c(O)c1Cl. The van der Waals surface area contributed by atoms with E-state index >= 15 is 0 Å². The van der Waals surface area contributed by atoms with Crippen LogP contribution in [0.1, 0.15) is 15.9 Å². The second kappa shape index (κ2) is 4.44. The normalized spacial score (nSPS) is 10.2. The molecule has 0 aliphatic heterocycles. The molecule has 0 aromatic heterocycles. The highest BCUT2D eigenvalue weighted by Crippen LogP contribution is 2.30. The first-order valence-corrected chi connectivity index (χ1v) is 4.61. The summed E-state index contributed by atoms with van der Waals surface area (Å²) in [6.07, 6.45) is 0. The van der Waals surface area contributed by atoms with E-state index in [1.54, 1.807) is 26.1 Å². The number of aromatic hydroxyl groups is 1. The van der Waals surface area contributed by atoms with E-state index in [4.69, 9.17) is 11.6 Å². The zero-order chi connectivity index (χ0) is 10.7. The van der Waals surface area contributed by atoms with Crippen molar-refractivity contribution in [3.8, 4) is 5.75 Å². The van der Waals surface area contributed by atoms with Crippen LogP contribution in [0.4, 0.5) is 0 Å². The maximum Gasteiger partial charge on any atom is 0.178 e. The van der Waals surface area contributed by atoms with Crippen LogP contribution in [0.15, 0.2) is 12.1 Å². The maximum atomic E-state index is 11.5. The molecule has 0 atom stereocenters. The van der Waals surface area contributed by atoms with Gasteiger partial charge in [0.15, 0.2) is 5.78 Å². The minimum Gasteiger partial charge on any atom is -0.506 e. The van der Waals surface area contributed by atoms with Crippen LogP contribution in [0.2, 0.25) is 5.02 Å². The lowest BCUT2D eigenvalue weighted by Gasteiger charge is -2.06. The molecule has 0 spiro atoms. The van der Waals surface area contributed by atoms with Crippen LogP contribution in [0.25, 0.3) is 0 Å². The molecule has 0 aliphatic rings. The molecule has 0 heterocycles. The Morgan fingerprint density at radius 3 is 2.79 bits per heavy atom. The van der Waals surface area contributed by atoms with Crippen molar-refractivity contribution in [2.45, 2.75) is 6.92 Å². The third kappa shape index (κ3) is 2.05. The Morgan fingerprint density at radius 2 is 2.21 bits per heavy atom. The number of phenolic OH excluding ortho intramolecular Hbond substituents is 1. The first-order chi connectivity index (χ1) is 6.57. The second-order valence-electron chi connectivity index (χ2n) is 3.05. The zero-order valence-corrected chi connectivity index (χ0v) is 8.85. The summed E-state index contributed by atoms with van der Waals surface area (Å²) in [5.74, 6) is -0.151. The number of Topliss-reactive ketones (excluding diaryl/α,β-unsaturated/α-hetero) is 1. The maximum absolute atomic E-state index is 11.5. The molecule has 1 rings (SSSR count). The van der Waals surface area contributed by atoms with E-state index in [2.05, 4.69) is 5.32 Å². The Kier molecular flexibility index (Phi) is 3.49. The first kappa shape index (κ1) is 11.0. The van der Waals surface area contributed by atoms with Crippen molar-refractivity contribution in [2.24, 2.45) is 0 Å². The van der Waals surface area contributed by atoms with E-state index in [0.29, 0.717) is 11.1 Å². The molecule has 76 valence electrons. The largest absolute Gasteiger partial charge is 0.506 e. The molecule has 0 aliphatic carbocycles. The van der Waals surface area contributed by atoms with Crippen LogP contribution in [0.3, 0.4) is 0 Å². The molecule has 0 radical (unpaired) electrons. The van der Waals surface area contributed by atoms with Crippen molar-refractivity contribution in [3.05, 3.63) is 28.3 Å². The van der Waals surface area contributed by atoms with Crippen LogP contribution < -0.4 is 5.32 Å². The number of carbonyl (C=O) groups excluding carboxylic acids is 1. The summed E-state index contributed by atoms with van der Waals surface area (Å²) in [4.78, 5) is 11.5. The number of benzene rings is 1. The fourth-order valence-electron chi connectivity index (χ4n) is 1.13. The van der Waals surface area contributed by atoms with Crippen molar-refractivity contribution in [3.63, 3.8) is 0 Å². The molecular weight excluding hydrogens is 202 g/mol. The molecule has 0 unspecified atom stereocenters. The lowest BCUT2D eigenvalue weighted by Crippen LogP contribution is -2.18. The highest BCUT2D eigenvalue weighted by molar-refractivity contribution is 6.35. The second-order valence-corrected chi connectivity index (χ2v) is 3.42. The number of aryl methyl sites for hydroxylation is 1. The summed E-state index contributed by atoms with van der Waals surface area (Å²) >= 11 is 5.83. The fraction of sp³-hybridized carbons (Fsp3) is 0.300. The number of hydrogen-bond donors (Lipinski definition) is 2. The van der Waals surface area contributed by atoms with Gasteiger partial charge in [-0.1, -0.05) is 17.7 Å². The van der Waals surface area contributed by atoms with Crippen LogP contribution in [-0.4, -0.2) is 24.5 Å². The van der Waals surface area contributed by atoms with Crippen molar-refractivity contribution < 1.29 is 9.90 Å². The number of hydrogen-bond acceptors (Lipinski definition) is 3. The van der Waals surface area contributed by atoms with Crippen LogP contribution in [0, 0.1) is 6.92 Å². The lowest BCUT2D eigenvalue weighted by molar-refractivity contribution is 0.0993. The third-order valence-corrected chi connectivity index (χ3v) is 2.34. The Bertz CT molecular complexity index is 363. The molecule has 1 aromatic rings. The molecule has 3 nitrogen and oxygen atoms in total. The number of carbonyl (C=O) groups is 1. The number of halogens is 1. The predicted molar refractivity (Wildman–Crippen MR) is 56.1 cm³/mol. The Morgan fingerprint density at radius 1 is 1.57 bits per heavy atom. The first-order valence-electron chi connectivity index (χ1n) is 4.23. The van der Waals surface area contributed by atoms with E-state index in [1.807, 2.05) is 0 Å². The zero-order valence-electron chi connectivity index (χ0n) is 8.10. The van der Waals surface area contributed by atoms with Crippen LogP contribution in [0.5, 0.6) is 5.75 Å². The van der Waals surface area contributed by atoms with Crippen LogP contribution in [-0.2, 0) is 0 Å². The average Bonchev–Trinajstić information content (AvgIpc) is 2.15. The van der Waals surface area contributed by atoms with Crippen molar-refractivity contribution >= 4 is 17.4 Å². The fourth-order valence-corrected chi connectivity index (χ4v) is 1.45.